The Kier molecular flexibility index (Phi) is 5.36. The Labute approximate surface area is 172 Å². The Morgan fingerprint density at radius 3 is 2.72 bits per heavy atom. The molecule has 4 rings (SSSR count). The molecule has 0 bridgehead atoms. The Morgan fingerprint density at radius 2 is 1.93 bits per heavy atom. The smallest absolute Gasteiger partial charge is 0.325 e. The summed E-state index contributed by atoms with van der Waals surface area (Å²) in [6.07, 6.45) is -0.959. The van der Waals surface area contributed by atoms with Gasteiger partial charge in [-0.15, -0.1) is 11.3 Å². The molecule has 1 fully saturated rings. The highest BCUT2D eigenvalue weighted by Gasteiger charge is 2.49. The number of carbonyl (C=O) groups is 2. The second kappa shape index (κ2) is 7.94. The molecule has 2 atom stereocenters. The first-order valence-electron chi connectivity index (χ1n) is 9.39. The lowest BCUT2D eigenvalue weighted by molar-refractivity contribution is -0.132. The molecular formula is C22H22N2O4S. The highest BCUT2D eigenvalue weighted by atomic mass is 32.1. The predicted octanol–water partition coefficient (Wildman–Crippen LogP) is 3.25. The molecule has 6 nitrogen and oxygen atoms in total. The molecule has 1 aromatic heterocycles. The summed E-state index contributed by atoms with van der Waals surface area (Å²) in [4.78, 5) is 27.8. The van der Waals surface area contributed by atoms with Crippen LogP contribution in [0.1, 0.15) is 17.4 Å². The van der Waals surface area contributed by atoms with Crippen LogP contribution in [0.15, 0.2) is 60.0 Å². The molecule has 2 N–H and O–H groups in total. The van der Waals surface area contributed by atoms with E-state index < -0.39 is 17.7 Å². The number of ether oxygens (including phenoxy) is 1. The third-order valence-electron chi connectivity index (χ3n) is 5.13. The summed E-state index contributed by atoms with van der Waals surface area (Å²) >= 11 is 1.57. The highest BCUT2D eigenvalue weighted by molar-refractivity contribution is 7.09. The largest absolute Gasteiger partial charge is 0.389 e. The SMILES string of the molecule is C[C@]1(c2cccc3ccccc23)NC(=O)N(C[C@H](O)COCc2cccs2)C1=O. The molecule has 29 heavy (non-hydrogen) atoms. The third kappa shape index (κ3) is 3.76. The maximum Gasteiger partial charge on any atom is 0.325 e. The minimum atomic E-state index is -1.19. The van der Waals surface area contributed by atoms with E-state index in [1.807, 2.05) is 60.0 Å². The molecule has 1 aliphatic rings. The Balaban J connectivity index is 1.48. The van der Waals surface area contributed by atoms with Crippen molar-refractivity contribution in [2.24, 2.45) is 0 Å². The van der Waals surface area contributed by atoms with Crippen LogP contribution in [0.3, 0.4) is 0 Å². The minimum Gasteiger partial charge on any atom is -0.389 e. The van der Waals surface area contributed by atoms with Crippen molar-refractivity contribution >= 4 is 34.0 Å². The summed E-state index contributed by atoms with van der Waals surface area (Å²) in [5.74, 6) is -0.379. The van der Waals surface area contributed by atoms with E-state index in [0.29, 0.717) is 6.61 Å². The number of nitrogens with zero attached hydrogens (tertiary/aromatic N) is 1. The predicted molar refractivity (Wildman–Crippen MR) is 112 cm³/mol. The first-order chi connectivity index (χ1) is 14.0. The van der Waals surface area contributed by atoms with Crippen LogP contribution in [0.2, 0.25) is 0 Å². The first-order valence-corrected chi connectivity index (χ1v) is 10.3. The number of aliphatic hydroxyl groups excluding tert-OH is 1. The molecule has 2 aromatic carbocycles. The van der Waals surface area contributed by atoms with Crippen LogP contribution in [-0.4, -0.2) is 41.2 Å². The number of hydrogen-bond donors (Lipinski definition) is 2. The van der Waals surface area contributed by atoms with Crippen LogP contribution < -0.4 is 5.32 Å². The van der Waals surface area contributed by atoms with Gasteiger partial charge < -0.3 is 15.2 Å². The molecular weight excluding hydrogens is 388 g/mol. The zero-order chi connectivity index (χ0) is 20.4. The lowest BCUT2D eigenvalue weighted by atomic mass is 9.88. The number of nitrogens with one attached hydrogen (secondary N) is 1. The number of amides is 3. The second-order valence-corrected chi connectivity index (χ2v) is 8.28. The van der Waals surface area contributed by atoms with Gasteiger partial charge in [0, 0.05) is 4.88 Å². The van der Waals surface area contributed by atoms with Gasteiger partial charge in [0.1, 0.15) is 5.54 Å². The van der Waals surface area contributed by atoms with Gasteiger partial charge in [-0.05, 0) is 34.7 Å². The van der Waals surface area contributed by atoms with E-state index in [9.17, 15) is 14.7 Å². The number of β-amino-alcohol motifs (C(OH)–C–C–N with tert-alkyl or cyclic N) is 1. The van der Waals surface area contributed by atoms with Gasteiger partial charge in [0.2, 0.25) is 0 Å². The fourth-order valence-electron chi connectivity index (χ4n) is 3.66. The van der Waals surface area contributed by atoms with Crippen LogP contribution >= 0.6 is 11.3 Å². The fraction of sp³-hybridized carbons (Fsp3) is 0.273. The van der Waals surface area contributed by atoms with Crippen LogP contribution in [0, 0.1) is 0 Å². The van der Waals surface area contributed by atoms with Gasteiger partial charge in [-0.25, -0.2) is 4.79 Å². The molecule has 150 valence electrons. The Bertz CT molecular complexity index is 1030. The van der Waals surface area contributed by atoms with E-state index >= 15 is 0 Å². The molecule has 0 saturated carbocycles. The number of imide groups is 1. The van der Waals surface area contributed by atoms with Crippen LogP contribution in [0.5, 0.6) is 0 Å². The molecule has 7 heteroatoms. The number of benzene rings is 2. The van der Waals surface area contributed by atoms with Crippen LogP contribution in [0.4, 0.5) is 4.79 Å². The van der Waals surface area contributed by atoms with Crippen molar-refractivity contribution in [3.8, 4) is 0 Å². The molecule has 2 heterocycles. The summed E-state index contributed by atoms with van der Waals surface area (Å²) < 4.78 is 5.51. The van der Waals surface area contributed by atoms with Gasteiger partial charge in [0.25, 0.3) is 5.91 Å². The van der Waals surface area contributed by atoms with E-state index in [4.69, 9.17) is 4.74 Å². The standard InChI is InChI=1S/C22H22N2O4S/c1-22(19-10-4-7-15-6-2-3-9-18(15)19)20(26)24(21(27)23-22)12-16(25)13-28-14-17-8-5-11-29-17/h2-11,16,25H,12-14H2,1H3,(H,23,27)/t16-,22+/m0/s1. The van der Waals surface area contributed by atoms with Crippen molar-refractivity contribution in [3.63, 3.8) is 0 Å². The van der Waals surface area contributed by atoms with Gasteiger partial charge in [-0.1, -0.05) is 48.5 Å². The van der Waals surface area contributed by atoms with Crippen molar-refractivity contribution in [2.45, 2.75) is 25.2 Å². The summed E-state index contributed by atoms with van der Waals surface area (Å²) in [6, 6.07) is 16.8. The van der Waals surface area contributed by atoms with Gasteiger partial charge in [-0.3, -0.25) is 9.69 Å². The minimum absolute atomic E-state index is 0.0416. The first kappa shape index (κ1) is 19.6. The average molecular weight is 410 g/mol. The normalized spacial score (nSPS) is 20.3. The molecule has 1 aliphatic heterocycles. The number of thiophene rings is 1. The van der Waals surface area contributed by atoms with E-state index in [-0.39, 0.29) is 19.1 Å². The van der Waals surface area contributed by atoms with Gasteiger partial charge in [0.15, 0.2) is 0 Å². The zero-order valence-corrected chi connectivity index (χ0v) is 16.8. The molecule has 0 aliphatic carbocycles. The molecule has 0 unspecified atom stereocenters. The highest BCUT2D eigenvalue weighted by Crippen LogP contribution is 2.33. The van der Waals surface area contributed by atoms with Crippen LogP contribution in [0.25, 0.3) is 10.8 Å². The van der Waals surface area contributed by atoms with E-state index in [0.717, 1.165) is 26.1 Å². The third-order valence-corrected chi connectivity index (χ3v) is 5.98. The number of hydrogen-bond acceptors (Lipinski definition) is 5. The molecule has 3 aromatic rings. The Morgan fingerprint density at radius 1 is 1.14 bits per heavy atom. The maximum absolute atomic E-state index is 13.2. The van der Waals surface area contributed by atoms with Gasteiger partial charge in [-0.2, -0.15) is 0 Å². The zero-order valence-electron chi connectivity index (χ0n) is 16.0. The van der Waals surface area contributed by atoms with E-state index in [2.05, 4.69) is 5.32 Å². The molecule has 0 radical (unpaired) electrons. The summed E-state index contributed by atoms with van der Waals surface area (Å²) in [5, 5.41) is 17.0. The monoisotopic (exact) mass is 410 g/mol. The maximum atomic E-state index is 13.2. The van der Waals surface area contributed by atoms with Gasteiger partial charge >= 0.3 is 6.03 Å². The van der Waals surface area contributed by atoms with Crippen molar-refractivity contribution in [1.29, 1.82) is 0 Å². The van der Waals surface area contributed by atoms with E-state index in [1.54, 1.807) is 18.3 Å². The molecule has 3 amide bonds. The number of urea groups is 1. The quantitative estimate of drug-likeness (QED) is 0.586. The van der Waals surface area contributed by atoms with Gasteiger partial charge in [0.05, 0.1) is 25.9 Å². The molecule has 1 saturated heterocycles. The molecule has 0 spiro atoms. The topological polar surface area (TPSA) is 78.9 Å². The number of carbonyl (C=O) groups excluding carboxylic acids is 2. The summed E-state index contributed by atoms with van der Waals surface area (Å²) in [5.41, 5.74) is -0.449. The lowest BCUT2D eigenvalue weighted by Gasteiger charge is -2.24. The van der Waals surface area contributed by atoms with Crippen LogP contribution in [-0.2, 0) is 21.7 Å². The number of rotatable bonds is 7. The van der Waals surface area contributed by atoms with Crippen molar-refractivity contribution in [1.82, 2.24) is 10.2 Å². The average Bonchev–Trinajstić information content (AvgIpc) is 3.31. The van der Waals surface area contributed by atoms with Crippen molar-refractivity contribution < 1.29 is 19.4 Å². The Hall–Kier alpha value is -2.74. The number of aliphatic hydroxyl groups is 1. The fourth-order valence-corrected chi connectivity index (χ4v) is 4.30. The van der Waals surface area contributed by atoms with E-state index in [1.165, 1.54) is 0 Å². The number of fused-ring (bicyclic) bond motifs is 1. The lowest BCUT2D eigenvalue weighted by Crippen LogP contribution is -2.42. The summed E-state index contributed by atoms with van der Waals surface area (Å²) in [6.45, 7) is 2.02. The van der Waals surface area contributed by atoms with Crippen molar-refractivity contribution in [2.75, 3.05) is 13.2 Å². The second-order valence-electron chi connectivity index (χ2n) is 7.25. The summed E-state index contributed by atoms with van der Waals surface area (Å²) in [7, 11) is 0. The van der Waals surface area contributed by atoms with Crippen molar-refractivity contribution in [3.05, 3.63) is 70.4 Å².